The lowest BCUT2D eigenvalue weighted by atomic mass is 9.94. The second-order valence-corrected chi connectivity index (χ2v) is 10.5. The maximum absolute atomic E-state index is 13.8. The van der Waals surface area contributed by atoms with Crippen LogP contribution in [-0.2, 0) is 11.0 Å². The highest BCUT2D eigenvalue weighted by atomic mass is 32.2. The van der Waals surface area contributed by atoms with Gasteiger partial charge in [-0.25, -0.2) is 4.99 Å². The summed E-state index contributed by atoms with van der Waals surface area (Å²) >= 11 is 2.84. The summed E-state index contributed by atoms with van der Waals surface area (Å²) in [5.41, 5.74) is 0.524. The summed E-state index contributed by atoms with van der Waals surface area (Å²) in [4.78, 5) is 23.9. The molecule has 2 aromatic carbocycles. The monoisotopic (exact) mass is 503 g/mol. The zero-order valence-electron chi connectivity index (χ0n) is 18.6. The highest BCUT2D eigenvalue weighted by Gasteiger charge is 2.43. The molecule has 2 fully saturated rings. The number of benzene rings is 2. The quantitative estimate of drug-likeness (QED) is 0.409. The van der Waals surface area contributed by atoms with Crippen LogP contribution in [0, 0.1) is 0 Å². The number of thioether (sulfide) groups is 2. The van der Waals surface area contributed by atoms with Gasteiger partial charge in [0.1, 0.15) is 9.93 Å². The smallest absolute Gasteiger partial charge is 0.334 e. The molecule has 1 amide bonds. The molecule has 1 saturated carbocycles. The van der Waals surface area contributed by atoms with Crippen molar-refractivity contribution in [1.82, 2.24) is 4.90 Å². The van der Waals surface area contributed by atoms with Gasteiger partial charge in [-0.2, -0.15) is 13.2 Å². The number of nitrogens with zero attached hydrogens (tertiary/aromatic N) is 3. The molecule has 0 N–H and O–H groups in total. The first kappa shape index (κ1) is 23.4. The lowest BCUT2D eigenvalue weighted by Crippen LogP contribution is -2.40. The van der Waals surface area contributed by atoms with Crippen molar-refractivity contribution in [2.24, 2.45) is 4.99 Å². The fourth-order valence-electron chi connectivity index (χ4n) is 4.63. The molecular formula is C25H24F3N3OS2. The van der Waals surface area contributed by atoms with E-state index in [2.05, 4.69) is 9.89 Å². The van der Waals surface area contributed by atoms with Gasteiger partial charge in [-0.3, -0.25) is 9.69 Å². The largest absolute Gasteiger partial charge is 0.416 e. The Morgan fingerprint density at radius 3 is 2.53 bits per heavy atom. The highest BCUT2D eigenvalue weighted by Crippen LogP contribution is 2.51. The Hall–Kier alpha value is -2.39. The standard InChI is InChI=1S/C25H24F3N3OS2/c1-2-30-19-13-6-7-14-20(19)33-23(30)21-22(32)31(18-11-4-3-5-12-18)24(34-21)29-17-10-8-9-16(15-17)25(26,27)28/h6-10,13-15,18H,2-5,11-12H2,1H3/b23-21-,29-24?. The topological polar surface area (TPSA) is 35.9 Å². The third-order valence-corrected chi connectivity index (χ3v) is 8.62. The van der Waals surface area contributed by atoms with Gasteiger partial charge in [0.25, 0.3) is 5.91 Å². The summed E-state index contributed by atoms with van der Waals surface area (Å²) in [6, 6.07) is 13.0. The van der Waals surface area contributed by atoms with E-state index in [-0.39, 0.29) is 17.6 Å². The third-order valence-electron chi connectivity index (χ3n) is 6.27. The molecule has 3 aliphatic rings. The van der Waals surface area contributed by atoms with Crippen LogP contribution in [0.5, 0.6) is 0 Å². The molecule has 0 unspecified atom stereocenters. The number of amidine groups is 1. The van der Waals surface area contributed by atoms with Crippen molar-refractivity contribution in [2.75, 3.05) is 11.4 Å². The summed E-state index contributed by atoms with van der Waals surface area (Å²) in [6.45, 7) is 2.75. The van der Waals surface area contributed by atoms with Gasteiger partial charge in [0.15, 0.2) is 5.17 Å². The van der Waals surface area contributed by atoms with Crippen molar-refractivity contribution in [2.45, 2.75) is 56.1 Å². The van der Waals surface area contributed by atoms with Crippen molar-refractivity contribution < 1.29 is 18.0 Å². The number of aliphatic imine (C=N–C) groups is 1. The molecule has 9 heteroatoms. The maximum Gasteiger partial charge on any atom is 0.416 e. The molecule has 2 aliphatic heterocycles. The van der Waals surface area contributed by atoms with Gasteiger partial charge < -0.3 is 4.90 Å². The van der Waals surface area contributed by atoms with Crippen molar-refractivity contribution in [3.63, 3.8) is 0 Å². The number of halogens is 3. The minimum absolute atomic E-state index is 0.0141. The molecule has 1 aliphatic carbocycles. The first-order valence-electron chi connectivity index (χ1n) is 11.4. The number of para-hydroxylation sites is 1. The van der Waals surface area contributed by atoms with E-state index in [1.807, 2.05) is 31.2 Å². The van der Waals surface area contributed by atoms with Gasteiger partial charge in [-0.15, -0.1) is 0 Å². The second-order valence-electron chi connectivity index (χ2n) is 8.46. The number of alkyl halides is 3. The van der Waals surface area contributed by atoms with Crippen molar-refractivity contribution in [1.29, 1.82) is 0 Å². The number of carbonyl (C=O) groups excluding carboxylic acids is 1. The lowest BCUT2D eigenvalue weighted by molar-refractivity contribution is -0.137. The molecule has 0 radical (unpaired) electrons. The van der Waals surface area contributed by atoms with E-state index in [9.17, 15) is 18.0 Å². The van der Waals surface area contributed by atoms with Crippen LogP contribution in [0.3, 0.4) is 0 Å². The minimum Gasteiger partial charge on any atom is -0.334 e. The molecule has 2 aromatic rings. The van der Waals surface area contributed by atoms with Gasteiger partial charge in [-0.1, -0.05) is 49.2 Å². The number of fused-ring (bicyclic) bond motifs is 1. The van der Waals surface area contributed by atoms with Crippen molar-refractivity contribution in [3.8, 4) is 0 Å². The van der Waals surface area contributed by atoms with Crippen LogP contribution in [0.4, 0.5) is 24.5 Å². The van der Waals surface area contributed by atoms with Crippen LogP contribution in [0.2, 0.25) is 0 Å². The van der Waals surface area contributed by atoms with Crippen LogP contribution in [0.1, 0.15) is 44.6 Å². The van der Waals surface area contributed by atoms with Crippen LogP contribution >= 0.6 is 23.5 Å². The maximum atomic E-state index is 13.8. The molecule has 5 rings (SSSR count). The number of rotatable bonds is 3. The van der Waals surface area contributed by atoms with E-state index in [0.29, 0.717) is 16.6 Å². The Morgan fingerprint density at radius 2 is 1.79 bits per heavy atom. The summed E-state index contributed by atoms with van der Waals surface area (Å²) in [5, 5.41) is 1.33. The number of amides is 1. The summed E-state index contributed by atoms with van der Waals surface area (Å²) in [5.74, 6) is -0.101. The van der Waals surface area contributed by atoms with E-state index in [1.54, 1.807) is 22.7 Å². The molecule has 1 saturated heterocycles. The SMILES string of the molecule is CCN1/C(=C2/SC(=Nc3cccc(C(F)(F)F)c3)N(C3CCCCC3)C2=O)Sc2ccccc21. The average Bonchev–Trinajstić information content (AvgIpc) is 3.36. The average molecular weight is 504 g/mol. The predicted octanol–water partition coefficient (Wildman–Crippen LogP) is 7.40. The molecular weight excluding hydrogens is 479 g/mol. The van der Waals surface area contributed by atoms with Crippen molar-refractivity contribution >= 4 is 46.0 Å². The highest BCUT2D eigenvalue weighted by molar-refractivity contribution is 8.19. The molecule has 34 heavy (non-hydrogen) atoms. The first-order valence-corrected chi connectivity index (χ1v) is 13.1. The fraction of sp³-hybridized carbons (Fsp3) is 0.360. The number of hydrogen-bond donors (Lipinski definition) is 0. The molecule has 2 heterocycles. The van der Waals surface area contributed by atoms with Crippen LogP contribution in [-0.4, -0.2) is 28.6 Å². The third kappa shape index (κ3) is 4.35. The Kier molecular flexibility index (Phi) is 6.41. The fourth-order valence-corrected chi connectivity index (χ4v) is 7.09. The number of carbonyl (C=O) groups is 1. The second kappa shape index (κ2) is 9.34. The summed E-state index contributed by atoms with van der Waals surface area (Å²) in [7, 11) is 0. The van der Waals surface area contributed by atoms with Gasteiger partial charge >= 0.3 is 6.18 Å². The Morgan fingerprint density at radius 1 is 1.03 bits per heavy atom. The lowest BCUT2D eigenvalue weighted by Gasteiger charge is -2.30. The van der Waals surface area contributed by atoms with E-state index >= 15 is 0 Å². The summed E-state index contributed by atoms with van der Waals surface area (Å²) in [6.07, 6.45) is 0.502. The normalized spacial score (nSPS) is 22.7. The molecule has 0 atom stereocenters. The van der Waals surface area contributed by atoms with Gasteiger partial charge in [0.05, 0.1) is 16.9 Å². The summed E-state index contributed by atoms with van der Waals surface area (Å²) < 4.78 is 39.8. The van der Waals surface area contributed by atoms with Crippen LogP contribution < -0.4 is 4.90 Å². The van der Waals surface area contributed by atoms with Crippen LogP contribution in [0.15, 0.2) is 68.4 Å². The van der Waals surface area contributed by atoms with E-state index < -0.39 is 11.7 Å². The van der Waals surface area contributed by atoms with Gasteiger partial charge in [0.2, 0.25) is 0 Å². The molecule has 4 nitrogen and oxygen atoms in total. The van der Waals surface area contributed by atoms with Gasteiger partial charge in [-0.05, 0) is 61.9 Å². The Bertz CT molecular complexity index is 1170. The van der Waals surface area contributed by atoms with Gasteiger partial charge in [0, 0.05) is 17.5 Å². The number of hydrogen-bond acceptors (Lipinski definition) is 5. The van der Waals surface area contributed by atoms with Crippen molar-refractivity contribution in [3.05, 3.63) is 64.0 Å². The predicted molar refractivity (Wildman–Crippen MR) is 132 cm³/mol. The Labute approximate surface area is 205 Å². The van der Waals surface area contributed by atoms with Crippen LogP contribution in [0.25, 0.3) is 0 Å². The molecule has 0 aromatic heterocycles. The van der Waals surface area contributed by atoms with E-state index in [4.69, 9.17) is 0 Å². The molecule has 178 valence electrons. The number of anilines is 1. The molecule has 0 bridgehead atoms. The Balaban J connectivity index is 1.57. The van der Waals surface area contributed by atoms with E-state index in [1.165, 1.54) is 17.8 Å². The van der Waals surface area contributed by atoms with E-state index in [0.717, 1.165) is 59.8 Å². The molecule has 0 spiro atoms. The minimum atomic E-state index is -4.45. The zero-order valence-corrected chi connectivity index (χ0v) is 20.3. The zero-order chi connectivity index (χ0) is 23.9. The first-order chi connectivity index (χ1) is 16.4.